The van der Waals surface area contributed by atoms with Crippen molar-refractivity contribution in [2.75, 3.05) is 13.1 Å². The fourth-order valence-electron chi connectivity index (χ4n) is 2.80. The zero-order valence-electron chi connectivity index (χ0n) is 11.8. The van der Waals surface area contributed by atoms with E-state index in [9.17, 15) is 4.79 Å². The lowest BCUT2D eigenvalue weighted by molar-refractivity contribution is 0.0937. The summed E-state index contributed by atoms with van der Waals surface area (Å²) >= 11 is 0. The average molecular weight is 288 g/mol. The molecule has 0 spiro atoms. The van der Waals surface area contributed by atoms with Crippen molar-refractivity contribution in [3.63, 3.8) is 0 Å². The van der Waals surface area contributed by atoms with Crippen molar-refractivity contribution >= 4 is 11.7 Å². The van der Waals surface area contributed by atoms with E-state index in [1.807, 2.05) is 0 Å². The number of hydrogen-bond donors (Lipinski definition) is 3. The number of nitrogens with one attached hydrogen (secondary N) is 1. The van der Waals surface area contributed by atoms with Crippen molar-refractivity contribution in [1.29, 1.82) is 0 Å². The fourth-order valence-corrected chi connectivity index (χ4v) is 2.80. The number of rotatable bonds is 4. The van der Waals surface area contributed by atoms with Crippen molar-refractivity contribution in [3.05, 3.63) is 35.4 Å². The molecule has 21 heavy (non-hydrogen) atoms. The molecule has 2 fully saturated rings. The third-order valence-electron chi connectivity index (χ3n) is 4.17. The molecule has 6 heteroatoms. The van der Waals surface area contributed by atoms with Crippen molar-refractivity contribution in [2.45, 2.75) is 31.3 Å². The molecule has 0 bridgehead atoms. The highest BCUT2D eigenvalue weighted by Gasteiger charge is 2.34. The summed E-state index contributed by atoms with van der Waals surface area (Å²) in [4.78, 5) is 14.7. The number of carbonyl (C=O) groups excluding carboxylic acids is 1. The molecule has 1 saturated heterocycles. The number of nitrogens with zero attached hydrogens (tertiary/aromatic N) is 2. The molecule has 0 radical (unpaired) electrons. The predicted molar refractivity (Wildman–Crippen MR) is 79.4 cm³/mol. The van der Waals surface area contributed by atoms with Crippen LogP contribution in [0.2, 0.25) is 0 Å². The van der Waals surface area contributed by atoms with Crippen molar-refractivity contribution in [3.8, 4) is 0 Å². The van der Waals surface area contributed by atoms with Gasteiger partial charge in [-0.3, -0.25) is 9.69 Å². The van der Waals surface area contributed by atoms with Gasteiger partial charge in [0, 0.05) is 36.3 Å². The maximum absolute atomic E-state index is 12.2. The van der Waals surface area contributed by atoms with Crippen molar-refractivity contribution < 1.29 is 10.0 Å². The number of nitrogens with two attached hydrogens (primary N) is 1. The van der Waals surface area contributed by atoms with Gasteiger partial charge < -0.3 is 16.3 Å². The van der Waals surface area contributed by atoms with Crippen LogP contribution in [0.25, 0.3) is 0 Å². The Labute approximate surface area is 123 Å². The van der Waals surface area contributed by atoms with Gasteiger partial charge in [0.05, 0.1) is 0 Å². The second kappa shape index (κ2) is 5.73. The largest absolute Gasteiger partial charge is 0.409 e. The van der Waals surface area contributed by atoms with Crippen LogP contribution in [-0.2, 0) is 0 Å². The van der Waals surface area contributed by atoms with Crippen LogP contribution in [0, 0.1) is 0 Å². The van der Waals surface area contributed by atoms with Crippen LogP contribution in [0.3, 0.4) is 0 Å². The third kappa shape index (κ3) is 3.16. The zero-order valence-corrected chi connectivity index (χ0v) is 11.8. The topological polar surface area (TPSA) is 91.0 Å². The van der Waals surface area contributed by atoms with Gasteiger partial charge in [0.2, 0.25) is 0 Å². The molecule has 1 aliphatic carbocycles. The van der Waals surface area contributed by atoms with Crippen molar-refractivity contribution in [2.24, 2.45) is 10.9 Å². The number of amides is 1. The van der Waals surface area contributed by atoms with E-state index in [-0.39, 0.29) is 17.8 Å². The van der Waals surface area contributed by atoms with E-state index in [1.54, 1.807) is 24.3 Å². The van der Waals surface area contributed by atoms with E-state index in [0.717, 1.165) is 25.6 Å². The minimum absolute atomic E-state index is 0.0397. The van der Waals surface area contributed by atoms with Crippen LogP contribution in [0.5, 0.6) is 0 Å². The molecule has 1 aromatic rings. The Morgan fingerprint density at radius 2 is 1.90 bits per heavy atom. The summed E-state index contributed by atoms with van der Waals surface area (Å²) in [6, 6.07) is 7.73. The molecular weight excluding hydrogens is 268 g/mol. The Hall–Kier alpha value is -2.08. The second-order valence-corrected chi connectivity index (χ2v) is 5.75. The molecule has 3 rings (SSSR count). The van der Waals surface area contributed by atoms with E-state index in [0.29, 0.717) is 11.1 Å². The lowest BCUT2D eigenvalue weighted by Crippen LogP contribution is -2.37. The molecule has 6 nitrogen and oxygen atoms in total. The minimum atomic E-state index is -0.0660. The molecule has 1 aliphatic heterocycles. The molecule has 2 aliphatic rings. The molecule has 4 N–H and O–H groups in total. The SMILES string of the molecule is NC(=NO)c1ccc(C(=O)NC2CCN(C3CC3)C2)cc1. The highest BCUT2D eigenvalue weighted by atomic mass is 16.4. The van der Waals surface area contributed by atoms with Crippen LogP contribution < -0.4 is 11.1 Å². The Kier molecular flexibility index (Phi) is 3.79. The number of hydrogen-bond acceptors (Lipinski definition) is 4. The Morgan fingerprint density at radius 1 is 1.24 bits per heavy atom. The molecule has 1 heterocycles. The van der Waals surface area contributed by atoms with Gasteiger partial charge in [-0.05, 0) is 31.4 Å². The monoisotopic (exact) mass is 288 g/mol. The van der Waals surface area contributed by atoms with Crippen LogP contribution in [0.4, 0.5) is 0 Å². The number of oxime groups is 1. The van der Waals surface area contributed by atoms with Crippen LogP contribution >= 0.6 is 0 Å². The minimum Gasteiger partial charge on any atom is -0.409 e. The molecule has 1 amide bonds. The van der Waals surface area contributed by atoms with Gasteiger partial charge in [-0.15, -0.1) is 0 Å². The van der Waals surface area contributed by atoms with Gasteiger partial charge in [-0.2, -0.15) is 0 Å². The van der Waals surface area contributed by atoms with Gasteiger partial charge in [0.25, 0.3) is 5.91 Å². The second-order valence-electron chi connectivity index (χ2n) is 5.75. The van der Waals surface area contributed by atoms with E-state index in [4.69, 9.17) is 10.9 Å². The molecule has 0 aromatic heterocycles. The normalized spacial score (nSPS) is 23.2. The highest BCUT2D eigenvalue weighted by molar-refractivity contribution is 5.99. The molecule has 112 valence electrons. The van der Waals surface area contributed by atoms with Crippen molar-refractivity contribution in [1.82, 2.24) is 10.2 Å². The summed E-state index contributed by atoms with van der Waals surface area (Å²) in [7, 11) is 0. The Morgan fingerprint density at radius 3 is 2.52 bits per heavy atom. The van der Waals surface area contributed by atoms with Crippen LogP contribution in [-0.4, -0.2) is 47.0 Å². The van der Waals surface area contributed by atoms with E-state index < -0.39 is 0 Å². The van der Waals surface area contributed by atoms with Gasteiger partial charge in [0.15, 0.2) is 5.84 Å². The number of benzene rings is 1. The molecule has 1 aromatic carbocycles. The quantitative estimate of drug-likeness (QED) is 0.330. The zero-order chi connectivity index (χ0) is 14.8. The summed E-state index contributed by atoms with van der Waals surface area (Å²) in [6.07, 6.45) is 3.62. The summed E-state index contributed by atoms with van der Waals surface area (Å²) in [5.74, 6) is -0.0264. The Bertz CT molecular complexity index is 551. The highest BCUT2D eigenvalue weighted by Crippen LogP contribution is 2.29. The van der Waals surface area contributed by atoms with E-state index in [1.165, 1.54) is 12.8 Å². The van der Waals surface area contributed by atoms with Crippen LogP contribution in [0.1, 0.15) is 35.2 Å². The standard InChI is InChI=1S/C15H20N4O2/c16-14(18-21)10-1-3-11(4-2-10)15(20)17-12-7-8-19(9-12)13-5-6-13/h1-4,12-13,21H,5-9H2,(H2,16,18)(H,17,20). The smallest absolute Gasteiger partial charge is 0.251 e. The van der Waals surface area contributed by atoms with Gasteiger partial charge in [-0.25, -0.2) is 0 Å². The lowest BCUT2D eigenvalue weighted by atomic mass is 10.1. The lowest BCUT2D eigenvalue weighted by Gasteiger charge is -2.15. The molecule has 1 saturated carbocycles. The number of amidine groups is 1. The molecular formula is C15H20N4O2. The maximum Gasteiger partial charge on any atom is 0.251 e. The van der Waals surface area contributed by atoms with E-state index >= 15 is 0 Å². The summed E-state index contributed by atoms with van der Waals surface area (Å²) in [6.45, 7) is 2.04. The summed E-state index contributed by atoms with van der Waals surface area (Å²) < 4.78 is 0. The summed E-state index contributed by atoms with van der Waals surface area (Å²) in [5, 5.41) is 14.6. The predicted octanol–water partition coefficient (Wildman–Crippen LogP) is 0.748. The average Bonchev–Trinajstić information content (AvgIpc) is 3.27. The first-order chi connectivity index (χ1) is 10.2. The Balaban J connectivity index is 1.57. The van der Waals surface area contributed by atoms with Gasteiger partial charge in [-0.1, -0.05) is 17.3 Å². The first-order valence-corrected chi connectivity index (χ1v) is 7.30. The molecule has 1 atom stereocenters. The molecule has 1 unspecified atom stereocenters. The fraction of sp³-hybridized carbons (Fsp3) is 0.467. The van der Waals surface area contributed by atoms with E-state index in [2.05, 4.69) is 15.4 Å². The van der Waals surface area contributed by atoms with Crippen LogP contribution in [0.15, 0.2) is 29.4 Å². The maximum atomic E-state index is 12.2. The third-order valence-corrected chi connectivity index (χ3v) is 4.17. The van der Waals surface area contributed by atoms with Gasteiger partial charge in [0.1, 0.15) is 0 Å². The number of carbonyl (C=O) groups is 1. The first-order valence-electron chi connectivity index (χ1n) is 7.30. The first kappa shape index (κ1) is 13.9. The summed E-state index contributed by atoms with van der Waals surface area (Å²) in [5.41, 5.74) is 6.68. The van der Waals surface area contributed by atoms with Gasteiger partial charge >= 0.3 is 0 Å². The number of likely N-dealkylation sites (tertiary alicyclic amines) is 1.